The SMILES string of the molecule is CC(C)N1CCOc2c(F)cc(-c3nc(Nc4ccc5sc(C6CCNCC6)nc5c4)ncc3F)cc21. The number of anilines is 3. The highest BCUT2D eigenvalue weighted by atomic mass is 32.1. The fourth-order valence-corrected chi connectivity index (χ4v) is 6.12. The molecule has 2 N–H and O–H groups in total. The van der Waals surface area contributed by atoms with E-state index in [2.05, 4.69) is 20.6 Å². The number of ether oxygens (including phenoxy) is 1. The molecule has 6 rings (SSSR count). The van der Waals surface area contributed by atoms with E-state index in [9.17, 15) is 8.78 Å². The van der Waals surface area contributed by atoms with Crippen molar-refractivity contribution in [2.24, 2.45) is 0 Å². The summed E-state index contributed by atoms with van der Waals surface area (Å²) in [5, 5.41) is 7.73. The van der Waals surface area contributed by atoms with E-state index < -0.39 is 11.6 Å². The first-order chi connectivity index (χ1) is 18.0. The van der Waals surface area contributed by atoms with Gasteiger partial charge in [0.25, 0.3) is 0 Å². The van der Waals surface area contributed by atoms with Crippen LogP contribution in [0.15, 0.2) is 36.5 Å². The van der Waals surface area contributed by atoms with Gasteiger partial charge in [-0.2, -0.15) is 0 Å². The second-order valence-electron chi connectivity index (χ2n) is 9.72. The van der Waals surface area contributed by atoms with Gasteiger partial charge in [0.15, 0.2) is 17.4 Å². The molecule has 10 heteroatoms. The molecule has 4 heterocycles. The van der Waals surface area contributed by atoms with Gasteiger partial charge in [0.1, 0.15) is 12.3 Å². The Balaban J connectivity index is 1.30. The number of nitrogens with zero attached hydrogens (tertiary/aromatic N) is 4. The van der Waals surface area contributed by atoms with Crippen molar-refractivity contribution in [1.82, 2.24) is 20.3 Å². The Kier molecular flexibility index (Phi) is 6.37. The van der Waals surface area contributed by atoms with Crippen molar-refractivity contribution in [3.8, 4) is 17.0 Å². The smallest absolute Gasteiger partial charge is 0.227 e. The van der Waals surface area contributed by atoms with Crippen LogP contribution in [0, 0.1) is 11.6 Å². The van der Waals surface area contributed by atoms with Gasteiger partial charge >= 0.3 is 0 Å². The number of aromatic nitrogens is 3. The van der Waals surface area contributed by atoms with E-state index >= 15 is 0 Å². The minimum Gasteiger partial charge on any atom is -0.486 e. The Labute approximate surface area is 217 Å². The molecule has 2 aliphatic heterocycles. The Morgan fingerprint density at radius 2 is 1.95 bits per heavy atom. The van der Waals surface area contributed by atoms with E-state index in [0.717, 1.165) is 48.0 Å². The van der Waals surface area contributed by atoms with Crippen molar-refractivity contribution in [2.75, 3.05) is 36.5 Å². The van der Waals surface area contributed by atoms with Gasteiger partial charge in [-0.1, -0.05) is 0 Å². The summed E-state index contributed by atoms with van der Waals surface area (Å²) in [5.74, 6) is -0.258. The van der Waals surface area contributed by atoms with E-state index in [1.165, 1.54) is 11.1 Å². The molecule has 4 aromatic rings. The highest BCUT2D eigenvalue weighted by molar-refractivity contribution is 7.18. The predicted octanol–water partition coefficient (Wildman–Crippen LogP) is 5.85. The van der Waals surface area contributed by atoms with Crippen LogP contribution < -0.4 is 20.3 Å². The van der Waals surface area contributed by atoms with Gasteiger partial charge in [-0.3, -0.25) is 0 Å². The maximum Gasteiger partial charge on any atom is 0.227 e. The molecular weight excluding hydrogens is 494 g/mol. The van der Waals surface area contributed by atoms with Gasteiger partial charge in [0, 0.05) is 23.2 Å². The molecule has 1 saturated heterocycles. The molecule has 0 unspecified atom stereocenters. The number of fused-ring (bicyclic) bond motifs is 2. The van der Waals surface area contributed by atoms with Crippen molar-refractivity contribution in [3.63, 3.8) is 0 Å². The normalized spacial score (nSPS) is 16.2. The molecule has 2 aromatic heterocycles. The van der Waals surface area contributed by atoms with Crippen LogP contribution in [-0.2, 0) is 0 Å². The van der Waals surface area contributed by atoms with E-state index in [-0.39, 0.29) is 23.4 Å². The number of hydrogen-bond acceptors (Lipinski definition) is 8. The summed E-state index contributed by atoms with van der Waals surface area (Å²) in [6.45, 7) is 7.14. The van der Waals surface area contributed by atoms with Gasteiger partial charge in [0.05, 0.1) is 33.7 Å². The molecule has 0 radical (unpaired) electrons. The standard InChI is InChI=1S/C27H28F2N6OS/c1-15(2)35-9-10-36-25-19(28)11-17(12-22(25)35)24-20(29)14-31-27(34-24)32-18-3-4-23-21(13-18)33-26(37-23)16-5-7-30-8-6-16/h3-4,11-16,30H,5-10H2,1-2H3,(H,31,32,34). The van der Waals surface area contributed by atoms with Crippen LogP contribution in [-0.4, -0.2) is 47.2 Å². The first-order valence-electron chi connectivity index (χ1n) is 12.6. The summed E-state index contributed by atoms with van der Waals surface area (Å²) < 4.78 is 36.5. The molecule has 2 aliphatic rings. The Morgan fingerprint density at radius 1 is 1.11 bits per heavy atom. The molecule has 0 amide bonds. The number of piperidine rings is 1. The average molecular weight is 523 g/mol. The third kappa shape index (κ3) is 4.71. The maximum atomic E-state index is 15.0. The van der Waals surface area contributed by atoms with Crippen LogP contribution in [0.1, 0.15) is 37.6 Å². The zero-order chi connectivity index (χ0) is 25.5. The van der Waals surface area contributed by atoms with Crippen molar-refractivity contribution in [1.29, 1.82) is 0 Å². The quantitative estimate of drug-likeness (QED) is 0.341. The summed E-state index contributed by atoms with van der Waals surface area (Å²) in [5.41, 5.74) is 2.62. The summed E-state index contributed by atoms with van der Waals surface area (Å²) in [7, 11) is 0. The molecule has 37 heavy (non-hydrogen) atoms. The summed E-state index contributed by atoms with van der Waals surface area (Å²) >= 11 is 1.74. The lowest BCUT2D eigenvalue weighted by Crippen LogP contribution is -2.38. The van der Waals surface area contributed by atoms with Crippen molar-refractivity contribution in [3.05, 3.63) is 53.2 Å². The van der Waals surface area contributed by atoms with E-state index in [1.54, 1.807) is 17.4 Å². The zero-order valence-electron chi connectivity index (χ0n) is 20.7. The average Bonchev–Trinajstić information content (AvgIpc) is 3.33. The van der Waals surface area contributed by atoms with Crippen LogP contribution in [0.5, 0.6) is 5.75 Å². The lowest BCUT2D eigenvalue weighted by atomic mass is 9.99. The molecule has 1 fully saturated rings. The number of rotatable bonds is 5. The maximum absolute atomic E-state index is 15.0. The number of benzene rings is 2. The number of halogens is 2. The Morgan fingerprint density at radius 3 is 2.76 bits per heavy atom. The van der Waals surface area contributed by atoms with Gasteiger partial charge in [-0.05, 0) is 70.1 Å². The number of nitrogens with one attached hydrogen (secondary N) is 2. The topological polar surface area (TPSA) is 75.2 Å². The van der Waals surface area contributed by atoms with Crippen molar-refractivity contribution in [2.45, 2.75) is 38.6 Å². The number of thiazole rings is 1. The lowest BCUT2D eigenvalue weighted by Gasteiger charge is -2.34. The second-order valence-corrected chi connectivity index (χ2v) is 10.8. The minimum absolute atomic E-state index is 0.0245. The second kappa shape index (κ2) is 9.83. The van der Waals surface area contributed by atoms with Crippen LogP contribution in [0.4, 0.5) is 26.1 Å². The molecule has 192 valence electrons. The number of hydrogen-bond donors (Lipinski definition) is 2. The third-order valence-electron chi connectivity index (χ3n) is 6.90. The molecule has 0 spiro atoms. The minimum atomic E-state index is -0.626. The zero-order valence-corrected chi connectivity index (χ0v) is 21.5. The van der Waals surface area contributed by atoms with Crippen molar-refractivity contribution < 1.29 is 13.5 Å². The summed E-state index contributed by atoms with van der Waals surface area (Å²) in [6.07, 6.45) is 3.30. The fourth-order valence-electron chi connectivity index (χ4n) is 5.00. The predicted molar refractivity (Wildman–Crippen MR) is 143 cm³/mol. The van der Waals surface area contributed by atoms with E-state index in [4.69, 9.17) is 9.72 Å². The molecular formula is C27H28F2N6OS. The summed E-state index contributed by atoms with van der Waals surface area (Å²) in [6, 6.07) is 9.07. The first kappa shape index (κ1) is 24.0. The fraction of sp³-hybridized carbons (Fsp3) is 0.370. The Bertz CT molecular complexity index is 1450. The molecule has 0 bridgehead atoms. The van der Waals surface area contributed by atoms with Crippen LogP contribution in [0.3, 0.4) is 0 Å². The highest BCUT2D eigenvalue weighted by Gasteiger charge is 2.26. The van der Waals surface area contributed by atoms with Crippen LogP contribution >= 0.6 is 11.3 Å². The molecule has 0 atom stereocenters. The van der Waals surface area contributed by atoms with E-state index in [0.29, 0.717) is 30.3 Å². The van der Waals surface area contributed by atoms with Gasteiger partial charge in [0.2, 0.25) is 5.95 Å². The molecule has 0 saturated carbocycles. The summed E-state index contributed by atoms with van der Waals surface area (Å²) in [4.78, 5) is 15.5. The molecule has 2 aromatic carbocycles. The monoisotopic (exact) mass is 522 g/mol. The van der Waals surface area contributed by atoms with Crippen LogP contribution in [0.25, 0.3) is 21.5 Å². The lowest BCUT2D eigenvalue weighted by molar-refractivity contribution is 0.287. The first-order valence-corrected chi connectivity index (χ1v) is 13.4. The molecule has 7 nitrogen and oxygen atoms in total. The largest absolute Gasteiger partial charge is 0.486 e. The van der Waals surface area contributed by atoms with Crippen molar-refractivity contribution >= 4 is 38.9 Å². The van der Waals surface area contributed by atoms with Crippen LogP contribution in [0.2, 0.25) is 0 Å². The van der Waals surface area contributed by atoms with Gasteiger partial charge in [-0.25, -0.2) is 23.7 Å². The third-order valence-corrected chi connectivity index (χ3v) is 8.10. The highest BCUT2D eigenvalue weighted by Crippen LogP contribution is 2.39. The molecule has 0 aliphatic carbocycles. The van der Waals surface area contributed by atoms with Gasteiger partial charge in [-0.15, -0.1) is 11.3 Å². The Hall–Kier alpha value is -3.37. The van der Waals surface area contributed by atoms with Gasteiger partial charge < -0.3 is 20.3 Å². The van der Waals surface area contributed by atoms with E-state index in [1.807, 2.05) is 36.9 Å².